The summed E-state index contributed by atoms with van der Waals surface area (Å²) in [6.07, 6.45) is 13.0. The fraction of sp³-hybridized carbons (Fsp3) is 0.893. The second-order valence-corrected chi connectivity index (χ2v) is 11.6. The predicted octanol–water partition coefficient (Wildman–Crippen LogP) is 5.90. The van der Waals surface area contributed by atoms with Gasteiger partial charge in [0.25, 0.3) is 0 Å². The standard InChI is InChI=1S/C26H42O3.C2H6O/c1-6-24(28)16(2)21-9-10-22-20-8-7-18-15-19(29-17(3)27)11-13-25(18,4)23(20)12-14-26(21,22)5;1-2-3/h7,16,19-24,28H,6,8-15H2,1-5H3;3H,2H2,1H3/t16-,19-,20-,21+,22-,23-,24?,25-,26+;/m0./s1. The lowest BCUT2D eigenvalue weighted by molar-refractivity contribution is -0.148. The van der Waals surface area contributed by atoms with Gasteiger partial charge in [0, 0.05) is 20.0 Å². The van der Waals surface area contributed by atoms with E-state index in [1.54, 1.807) is 12.5 Å². The van der Waals surface area contributed by atoms with E-state index in [1.165, 1.54) is 39.0 Å². The molecule has 0 heterocycles. The van der Waals surface area contributed by atoms with E-state index in [1.807, 2.05) is 0 Å². The molecular weight excluding hydrogens is 400 g/mol. The SMILES string of the molecule is CCC(O)[C@@H](C)[C@H]1CC[C@H]2[C@@H]3CC=C4C[C@@H](OC(C)=O)CC[C@]4(C)[C@H]3CC[C@]12C.CCO. The first-order chi connectivity index (χ1) is 15.1. The molecule has 0 aromatic carbocycles. The molecule has 0 aromatic heterocycles. The summed E-state index contributed by atoms with van der Waals surface area (Å²) in [5.74, 6) is 3.32. The Balaban J connectivity index is 0.000000913. The normalized spacial score (nSPS) is 42.2. The van der Waals surface area contributed by atoms with Crippen molar-refractivity contribution in [3.05, 3.63) is 11.6 Å². The van der Waals surface area contributed by atoms with Gasteiger partial charge < -0.3 is 14.9 Å². The number of fused-ring (bicyclic) bond motifs is 5. The maximum absolute atomic E-state index is 11.4. The van der Waals surface area contributed by atoms with E-state index in [0.29, 0.717) is 22.7 Å². The van der Waals surface area contributed by atoms with Gasteiger partial charge in [-0.05, 0) is 98.7 Å². The highest BCUT2D eigenvalue weighted by atomic mass is 16.5. The number of allylic oxidation sites excluding steroid dienone is 1. The third kappa shape index (κ3) is 4.56. The average molecular weight is 449 g/mol. The number of hydrogen-bond acceptors (Lipinski definition) is 4. The van der Waals surface area contributed by atoms with E-state index in [2.05, 4.69) is 33.8 Å². The third-order valence-corrected chi connectivity index (χ3v) is 10.1. The smallest absolute Gasteiger partial charge is 0.302 e. The quantitative estimate of drug-likeness (QED) is 0.415. The molecule has 184 valence electrons. The van der Waals surface area contributed by atoms with Crippen LogP contribution in [-0.2, 0) is 9.53 Å². The van der Waals surface area contributed by atoms with Gasteiger partial charge in [0.05, 0.1) is 6.10 Å². The fourth-order valence-electron chi connectivity index (χ4n) is 8.51. The Morgan fingerprint density at radius 1 is 1.16 bits per heavy atom. The van der Waals surface area contributed by atoms with Crippen molar-refractivity contribution in [2.75, 3.05) is 6.61 Å². The molecule has 2 N–H and O–H groups in total. The summed E-state index contributed by atoms with van der Waals surface area (Å²) in [5.41, 5.74) is 2.27. The van der Waals surface area contributed by atoms with Crippen LogP contribution in [0.5, 0.6) is 0 Å². The lowest BCUT2D eigenvalue weighted by atomic mass is 9.47. The molecule has 9 atom stereocenters. The predicted molar refractivity (Wildman–Crippen MR) is 129 cm³/mol. The minimum absolute atomic E-state index is 0.0875. The molecule has 4 heteroatoms. The van der Waals surface area contributed by atoms with Crippen LogP contribution in [0.25, 0.3) is 0 Å². The van der Waals surface area contributed by atoms with Crippen molar-refractivity contribution in [1.29, 1.82) is 0 Å². The van der Waals surface area contributed by atoms with Crippen LogP contribution in [0.1, 0.15) is 99.3 Å². The molecule has 3 saturated carbocycles. The second kappa shape index (κ2) is 10.2. The van der Waals surface area contributed by atoms with E-state index in [4.69, 9.17) is 9.84 Å². The van der Waals surface area contributed by atoms with Gasteiger partial charge in [0.1, 0.15) is 6.10 Å². The average Bonchev–Trinajstić information content (AvgIpc) is 3.10. The minimum Gasteiger partial charge on any atom is -0.462 e. The van der Waals surface area contributed by atoms with Crippen molar-refractivity contribution in [2.45, 2.75) is 112 Å². The summed E-state index contributed by atoms with van der Waals surface area (Å²) in [6, 6.07) is 0. The van der Waals surface area contributed by atoms with Gasteiger partial charge in [-0.3, -0.25) is 4.79 Å². The zero-order valence-electron chi connectivity index (χ0n) is 21.4. The van der Waals surface area contributed by atoms with Crippen LogP contribution >= 0.6 is 0 Å². The van der Waals surface area contributed by atoms with Crippen molar-refractivity contribution in [3.63, 3.8) is 0 Å². The molecule has 4 rings (SSSR count). The Hall–Kier alpha value is -0.870. The molecule has 0 saturated heterocycles. The Bertz CT molecular complexity index is 687. The number of carbonyl (C=O) groups excluding carboxylic acids is 1. The van der Waals surface area contributed by atoms with Crippen LogP contribution in [0.2, 0.25) is 0 Å². The van der Waals surface area contributed by atoms with E-state index >= 15 is 0 Å². The maximum Gasteiger partial charge on any atom is 0.302 e. The summed E-state index contributed by atoms with van der Waals surface area (Å²) >= 11 is 0. The Morgan fingerprint density at radius 2 is 1.84 bits per heavy atom. The number of hydrogen-bond donors (Lipinski definition) is 2. The number of carbonyl (C=O) groups is 1. The molecule has 0 aliphatic heterocycles. The second-order valence-electron chi connectivity index (χ2n) is 11.6. The molecule has 0 aromatic rings. The molecule has 1 unspecified atom stereocenters. The first kappa shape index (κ1) is 25.7. The van der Waals surface area contributed by atoms with Gasteiger partial charge in [-0.15, -0.1) is 0 Å². The van der Waals surface area contributed by atoms with Crippen molar-refractivity contribution in [3.8, 4) is 0 Å². The van der Waals surface area contributed by atoms with E-state index < -0.39 is 0 Å². The van der Waals surface area contributed by atoms with E-state index in [0.717, 1.165) is 43.4 Å². The molecule has 0 radical (unpaired) electrons. The van der Waals surface area contributed by atoms with Crippen LogP contribution in [0.4, 0.5) is 0 Å². The molecular formula is C28H48O4. The summed E-state index contributed by atoms with van der Waals surface area (Å²) in [4.78, 5) is 11.4. The lowest BCUT2D eigenvalue weighted by Crippen LogP contribution is -2.51. The molecule has 4 aliphatic rings. The van der Waals surface area contributed by atoms with Gasteiger partial charge >= 0.3 is 5.97 Å². The minimum atomic E-state index is -0.153. The molecule has 32 heavy (non-hydrogen) atoms. The van der Waals surface area contributed by atoms with Gasteiger partial charge in [-0.2, -0.15) is 0 Å². The molecule has 3 fully saturated rings. The molecule has 0 amide bonds. The van der Waals surface area contributed by atoms with Gasteiger partial charge in [-0.25, -0.2) is 0 Å². The zero-order valence-corrected chi connectivity index (χ0v) is 21.4. The first-order valence-corrected chi connectivity index (χ1v) is 13.3. The van der Waals surface area contributed by atoms with Crippen LogP contribution in [0.3, 0.4) is 0 Å². The van der Waals surface area contributed by atoms with E-state index in [9.17, 15) is 9.90 Å². The number of aliphatic hydroxyl groups excluding tert-OH is 2. The lowest BCUT2D eigenvalue weighted by Gasteiger charge is -2.58. The summed E-state index contributed by atoms with van der Waals surface area (Å²) < 4.78 is 5.58. The number of aliphatic hydroxyl groups is 2. The van der Waals surface area contributed by atoms with Gasteiger partial charge in [0.15, 0.2) is 0 Å². The molecule has 4 aliphatic carbocycles. The molecule has 4 nitrogen and oxygen atoms in total. The fourth-order valence-corrected chi connectivity index (χ4v) is 8.51. The Kier molecular flexibility index (Phi) is 8.19. The monoisotopic (exact) mass is 448 g/mol. The summed E-state index contributed by atoms with van der Waals surface area (Å²) in [7, 11) is 0. The highest BCUT2D eigenvalue weighted by molar-refractivity contribution is 5.66. The highest BCUT2D eigenvalue weighted by Gasteiger charge is 2.59. The van der Waals surface area contributed by atoms with Crippen LogP contribution in [0.15, 0.2) is 11.6 Å². The Morgan fingerprint density at radius 3 is 2.47 bits per heavy atom. The van der Waals surface area contributed by atoms with Crippen molar-refractivity contribution < 1.29 is 19.7 Å². The molecule has 0 bridgehead atoms. The van der Waals surface area contributed by atoms with Crippen molar-refractivity contribution in [2.24, 2.45) is 40.4 Å². The van der Waals surface area contributed by atoms with Gasteiger partial charge in [0.2, 0.25) is 0 Å². The van der Waals surface area contributed by atoms with Crippen molar-refractivity contribution >= 4 is 5.97 Å². The number of esters is 1. The Labute approximate surface area is 196 Å². The summed E-state index contributed by atoms with van der Waals surface area (Å²) in [5, 5.41) is 18.1. The van der Waals surface area contributed by atoms with Crippen LogP contribution in [0, 0.1) is 40.4 Å². The number of rotatable bonds is 4. The maximum atomic E-state index is 11.4. The van der Waals surface area contributed by atoms with Crippen LogP contribution in [-0.4, -0.2) is 35.0 Å². The third-order valence-electron chi connectivity index (χ3n) is 10.1. The number of ether oxygens (including phenoxy) is 1. The molecule has 0 spiro atoms. The van der Waals surface area contributed by atoms with Crippen molar-refractivity contribution in [1.82, 2.24) is 0 Å². The first-order valence-electron chi connectivity index (χ1n) is 13.3. The topological polar surface area (TPSA) is 66.8 Å². The highest BCUT2D eigenvalue weighted by Crippen LogP contribution is 2.67. The van der Waals surface area contributed by atoms with Gasteiger partial charge in [-0.1, -0.05) is 39.3 Å². The zero-order chi connectivity index (χ0) is 23.7. The summed E-state index contributed by atoms with van der Waals surface area (Å²) in [6.45, 7) is 13.0. The van der Waals surface area contributed by atoms with E-state index in [-0.39, 0.29) is 24.8 Å². The largest absolute Gasteiger partial charge is 0.462 e. The van der Waals surface area contributed by atoms with Crippen LogP contribution < -0.4 is 0 Å².